The van der Waals surface area contributed by atoms with Gasteiger partial charge in [0.1, 0.15) is 0 Å². The fourth-order valence-corrected chi connectivity index (χ4v) is 3.69. The highest BCUT2D eigenvalue weighted by molar-refractivity contribution is 7.98. The van der Waals surface area contributed by atoms with Crippen LogP contribution in [0.1, 0.15) is 16.8 Å². The lowest BCUT2D eigenvalue weighted by atomic mass is 10.2. The number of amides is 1. The highest BCUT2D eigenvalue weighted by Gasteiger charge is 2.26. The molecule has 3 heterocycles. The number of aromatic nitrogens is 3. The summed E-state index contributed by atoms with van der Waals surface area (Å²) >= 11 is 1.63. The van der Waals surface area contributed by atoms with E-state index in [2.05, 4.69) is 25.2 Å². The van der Waals surface area contributed by atoms with Gasteiger partial charge in [-0.25, -0.2) is 9.97 Å². The maximum atomic E-state index is 12.5. The van der Waals surface area contributed by atoms with Gasteiger partial charge in [0.25, 0.3) is 5.91 Å². The Bertz CT molecular complexity index is 928. The second-order valence-electron chi connectivity index (χ2n) is 6.46. The van der Waals surface area contributed by atoms with Gasteiger partial charge in [-0.1, -0.05) is 6.07 Å². The molecule has 1 aliphatic heterocycles. The molecular formula is C20H21N5OS. The first-order valence-electron chi connectivity index (χ1n) is 8.89. The maximum absolute atomic E-state index is 12.5. The Labute approximate surface area is 162 Å². The van der Waals surface area contributed by atoms with E-state index in [1.165, 1.54) is 0 Å². The van der Waals surface area contributed by atoms with Crippen molar-refractivity contribution in [3.63, 3.8) is 0 Å². The Hall–Kier alpha value is -2.80. The van der Waals surface area contributed by atoms with Crippen molar-refractivity contribution in [3.8, 4) is 11.4 Å². The van der Waals surface area contributed by atoms with Crippen LogP contribution in [0.2, 0.25) is 0 Å². The molecular weight excluding hydrogens is 358 g/mol. The Morgan fingerprint density at radius 2 is 2.22 bits per heavy atom. The molecule has 0 radical (unpaired) electrons. The zero-order valence-corrected chi connectivity index (χ0v) is 15.9. The number of carbonyl (C=O) groups is 1. The van der Waals surface area contributed by atoms with Crippen molar-refractivity contribution >= 4 is 23.6 Å². The summed E-state index contributed by atoms with van der Waals surface area (Å²) in [5.74, 6) is 0.669. The van der Waals surface area contributed by atoms with Gasteiger partial charge in [-0.3, -0.25) is 4.79 Å². The van der Waals surface area contributed by atoms with Gasteiger partial charge in [0.05, 0.1) is 11.4 Å². The van der Waals surface area contributed by atoms with Crippen molar-refractivity contribution in [1.82, 2.24) is 20.3 Å². The highest BCUT2D eigenvalue weighted by Crippen LogP contribution is 2.21. The van der Waals surface area contributed by atoms with Gasteiger partial charge in [-0.2, -0.15) is 0 Å². The number of hydrogen-bond donors (Lipinski definition) is 2. The summed E-state index contributed by atoms with van der Waals surface area (Å²) in [6.07, 6.45) is 6.54. The monoisotopic (exact) mass is 379 g/mol. The Kier molecular flexibility index (Phi) is 5.11. The molecule has 0 spiro atoms. The fraction of sp³-hybridized carbons (Fsp3) is 0.250. The van der Waals surface area contributed by atoms with E-state index < -0.39 is 0 Å². The van der Waals surface area contributed by atoms with Crippen molar-refractivity contribution in [2.75, 3.05) is 24.2 Å². The summed E-state index contributed by atoms with van der Waals surface area (Å²) in [6.45, 7) is 1.53. The summed E-state index contributed by atoms with van der Waals surface area (Å²) in [5.41, 5.74) is 2.54. The number of nitrogens with one attached hydrogen (secondary N) is 2. The van der Waals surface area contributed by atoms with Crippen LogP contribution in [0.15, 0.2) is 59.8 Å². The van der Waals surface area contributed by atoms with E-state index >= 15 is 0 Å². The van der Waals surface area contributed by atoms with Crippen LogP contribution in [-0.4, -0.2) is 46.2 Å². The summed E-state index contributed by atoms with van der Waals surface area (Å²) in [5, 5.41) is 3.14. The van der Waals surface area contributed by atoms with Gasteiger partial charge < -0.3 is 15.2 Å². The molecule has 6 nitrogen and oxygen atoms in total. The lowest BCUT2D eigenvalue weighted by molar-refractivity contribution is 0.0940. The standard InChI is InChI=1S/C20H21N5OS/c1-27-16-5-2-4-14(12-16)19(26)23-15-8-11-25(13-15)20-22-10-7-18(24-20)17-6-3-9-21-17/h2-7,9-10,12,15,21H,8,11,13H2,1H3,(H,23,26). The van der Waals surface area contributed by atoms with Crippen LogP contribution < -0.4 is 10.2 Å². The summed E-state index contributed by atoms with van der Waals surface area (Å²) < 4.78 is 0. The molecule has 1 unspecified atom stereocenters. The molecule has 0 bridgehead atoms. The molecule has 27 heavy (non-hydrogen) atoms. The molecule has 1 amide bonds. The molecule has 1 saturated heterocycles. The molecule has 3 aromatic rings. The predicted molar refractivity (Wildman–Crippen MR) is 108 cm³/mol. The number of hydrogen-bond acceptors (Lipinski definition) is 5. The first-order valence-corrected chi connectivity index (χ1v) is 10.1. The van der Waals surface area contributed by atoms with E-state index in [9.17, 15) is 4.79 Å². The van der Waals surface area contributed by atoms with Crippen molar-refractivity contribution in [3.05, 3.63) is 60.4 Å². The second kappa shape index (κ2) is 7.84. The van der Waals surface area contributed by atoms with Crippen LogP contribution in [0, 0.1) is 0 Å². The van der Waals surface area contributed by atoms with Crippen molar-refractivity contribution in [1.29, 1.82) is 0 Å². The lowest BCUT2D eigenvalue weighted by Gasteiger charge is -2.17. The van der Waals surface area contributed by atoms with Crippen LogP contribution >= 0.6 is 11.8 Å². The number of benzene rings is 1. The fourth-order valence-electron chi connectivity index (χ4n) is 3.23. The molecule has 4 rings (SSSR count). The Balaban J connectivity index is 1.41. The maximum Gasteiger partial charge on any atom is 0.251 e. The number of thioether (sulfide) groups is 1. The van der Waals surface area contributed by atoms with Crippen LogP contribution in [0.25, 0.3) is 11.4 Å². The minimum Gasteiger partial charge on any atom is -0.360 e. The van der Waals surface area contributed by atoms with Gasteiger partial charge in [0, 0.05) is 42.0 Å². The minimum atomic E-state index is -0.0289. The third-order valence-electron chi connectivity index (χ3n) is 4.66. The number of aromatic amines is 1. The van der Waals surface area contributed by atoms with Crippen molar-refractivity contribution in [2.45, 2.75) is 17.4 Å². The lowest BCUT2D eigenvalue weighted by Crippen LogP contribution is -2.37. The summed E-state index contributed by atoms with van der Waals surface area (Å²) in [6, 6.07) is 13.6. The summed E-state index contributed by atoms with van der Waals surface area (Å²) in [7, 11) is 0. The highest BCUT2D eigenvalue weighted by atomic mass is 32.2. The molecule has 2 aromatic heterocycles. The van der Waals surface area contributed by atoms with Gasteiger partial charge in [-0.15, -0.1) is 11.8 Å². The number of rotatable bonds is 5. The van der Waals surface area contributed by atoms with Crippen molar-refractivity contribution in [2.24, 2.45) is 0 Å². The molecule has 1 fully saturated rings. The number of carbonyl (C=O) groups excluding carboxylic acids is 1. The predicted octanol–water partition coefficient (Wildman–Crippen LogP) is 3.20. The first kappa shape index (κ1) is 17.6. The quantitative estimate of drug-likeness (QED) is 0.666. The SMILES string of the molecule is CSc1cccc(C(=O)NC2CCN(c3nccc(-c4ccc[nH]4)n3)C2)c1. The van der Waals surface area contributed by atoms with E-state index in [1.54, 1.807) is 18.0 Å². The Morgan fingerprint density at radius 3 is 3.04 bits per heavy atom. The average Bonchev–Trinajstić information content (AvgIpc) is 3.40. The van der Waals surface area contributed by atoms with Gasteiger partial charge in [-0.05, 0) is 49.1 Å². The Morgan fingerprint density at radius 1 is 1.30 bits per heavy atom. The van der Waals surface area contributed by atoms with Crippen molar-refractivity contribution < 1.29 is 4.79 Å². The molecule has 1 aliphatic rings. The van der Waals surface area contributed by atoms with E-state index in [0.29, 0.717) is 18.1 Å². The third-order valence-corrected chi connectivity index (χ3v) is 5.38. The number of H-pyrrole nitrogens is 1. The summed E-state index contributed by atoms with van der Waals surface area (Å²) in [4.78, 5) is 28.0. The van der Waals surface area contributed by atoms with Crippen LogP contribution in [0.4, 0.5) is 5.95 Å². The number of anilines is 1. The molecule has 7 heteroatoms. The molecule has 138 valence electrons. The van der Waals surface area contributed by atoms with Gasteiger partial charge >= 0.3 is 0 Å². The first-order chi connectivity index (χ1) is 13.2. The second-order valence-corrected chi connectivity index (χ2v) is 7.34. The van der Waals surface area contributed by atoms with Crippen LogP contribution in [0.5, 0.6) is 0 Å². The zero-order chi connectivity index (χ0) is 18.6. The molecule has 1 atom stereocenters. The average molecular weight is 379 g/mol. The number of nitrogens with zero attached hydrogens (tertiary/aromatic N) is 3. The molecule has 0 saturated carbocycles. The largest absolute Gasteiger partial charge is 0.360 e. The minimum absolute atomic E-state index is 0.0289. The third kappa shape index (κ3) is 3.98. The van der Waals surface area contributed by atoms with Crippen LogP contribution in [0.3, 0.4) is 0 Å². The van der Waals surface area contributed by atoms with E-state index in [1.807, 2.05) is 54.9 Å². The smallest absolute Gasteiger partial charge is 0.251 e. The zero-order valence-electron chi connectivity index (χ0n) is 15.1. The van der Waals surface area contributed by atoms with E-state index in [4.69, 9.17) is 0 Å². The molecule has 1 aromatic carbocycles. The van der Waals surface area contributed by atoms with E-state index in [-0.39, 0.29) is 11.9 Å². The van der Waals surface area contributed by atoms with Gasteiger partial charge in [0.15, 0.2) is 0 Å². The van der Waals surface area contributed by atoms with E-state index in [0.717, 1.165) is 29.2 Å². The van der Waals surface area contributed by atoms with Crippen LogP contribution in [-0.2, 0) is 0 Å². The molecule has 2 N–H and O–H groups in total. The molecule has 0 aliphatic carbocycles. The van der Waals surface area contributed by atoms with Gasteiger partial charge in [0.2, 0.25) is 5.95 Å². The normalized spacial score (nSPS) is 16.5. The topological polar surface area (TPSA) is 73.9 Å².